The van der Waals surface area contributed by atoms with Crippen LogP contribution in [0, 0.1) is 0 Å². The molecule has 1 amide bonds. The van der Waals surface area contributed by atoms with Crippen molar-refractivity contribution in [2.24, 2.45) is 5.73 Å². The molecule has 0 unspecified atom stereocenters. The molecular formula is C22H17F4N3O4. The lowest BCUT2D eigenvalue weighted by Crippen LogP contribution is -2.42. The Kier molecular flexibility index (Phi) is 5.66. The van der Waals surface area contributed by atoms with Crippen LogP contribution in [0.2, 0.25) is 0 Å². The molecule has 1 fully saturated rings. The third-order valence-corrected chi connectivity index (χ3v) is 5.13. The van der Waals surface area contributed by atoms with Crippen molar-refractivity contribution >= 4 is 5.91 Å². The van der Waals surface area contributed by atoms with Gasteiger partial charge in [0.15, 0.2) is 5.67 Å². The van der Waals surface area contributed by atoms with Gasteiger partial charge in [-0.1, -0.05) is 12.1 Å². The summed E-state index contributed by atoms with van der Waals surface area (Å²) in [5.41, 5.74) is 1.08. The number of primary amides is 1. The van der Waals surface area contributed by atoms with E-state index in [0.717, 1.165) is 6.07 Å². The summed E-state index contributed by atoms with van der Waals surface area (Å²) < 4.78 is 65.3. The first-order valence-electron chi connectivity index (χ1n) is 9.65. The van der Waals surface area contributed by atoms with Gasteiger partial charge in [-0.3, -0.25) is 14.6 Å². The van der Waals surface area contributed by atoms with Crippen molar-refractivity contribution in [3.8, 4) is 16.9 Å². The smallest absolute Gasteiger partial charge is 0.431 e. The summed E-state index contributed by atoms with van der Waals surface area (Å²) in [5, 5.41) is 0. The summed E-state index contributed by atoms with van der Waals surface area (Å²) in [6.07, 6.45) is -1.93. The predicted molar refractivity (Wildman–Crippen MR) is 108 cm³/mol. The van der Waals surface area contributed by atoms with Gasteiger partial charge in [-0.15, -0.1) is 0 Å². The molecule has 3 N–H and O–H groups in total. The normalized spacial score (nSPS) is 15.0. The summed E-state index contributed by atoms with van der Waals surface area (Å²) in [7, 11) is 0. The van der Waals surface area contributed by atoms with Crippen LogP contribution in [0.25, 0.3) is 11.1 Å². The second-order valence-corrected chi connectivity index (χ2v) is 7.52. The first-order valence-corrected chi connectivity index (χ1v) is 9.65. The monoisotopic (exact) mass is 463 g/mol. The van der Waals surface area contributed by atoms with Gasteiger partial charge >= 0.3 is 6.18 Å². The highest BCUT2D eigenvalue weighted by Gasteiger charge is 2.41. The largest absolute Gasteiger partial charge is 0.489 e. The highest BCUT2D eigenvalue weighted by atomic mass is 19.4. The Bertz CT molecular complexity index is 1250. The van der Waals surface area contributed by atoms with Crippen LogP contribution in [0.15, 0.2) is 53.6 Å². The zero-order valence-corrected chi connectivity index (χ0v) is 16.9. The molecule has 1 aromatic carbocycles. The number of rotatable bonds is 6. The van der Waals surface area contributed by atoms with Crippen LogP contribution in [0.1, 0.15) is 27.2 Å². The molecule has 1 saturated heterocycles. The number of aromatic amines is 1. The number of pyridine rings is 2. The van der Waals surface area contributed by atoms with E-state index in [0.29, 0.717) is 16.9 Å². The molecule has 4 rings (SSSR count). The van der Waals surface area contributed by atoms with Crippen LogP contribution >= 0.6 is 0 Å². The Labute approximate surface area is 184 Å². The van der Waals surface area contributed by atoms with Crippen molar-refractivity contribution in [3.05, 3.63) is 81.5 Å². The number of nitrogens with two attached hydrogens (primary N) is 1. The highest BCUT2D eigenvalue weighted by Crippen LogP contribution is 2.36. The number of H-pyrrole nitrogens is 1. The van der Waals surface area contributed by atoms with Gasteiger partial charge < -0.3 is 20.2 Å². The van der Waals surface area contributed by atoms with Gasteiger partial charge in [0, 0.05) is 29.1 Å². The Morgan fingerprint density at radius 1 is 1.18 bits per heavy atom. The molecule has 3 heterocycles. The molecule has 1 aliphatic rings. The van der Waals surface area contributed by atoms with E-state index in [2.05, 4.69) is 4.98 Å². The summed E-state index contributed by atoms with van der Waals surface area (Å²) in [6, 6.07) is 7.98. The van der Waals surface area contributed by atoms with Gasteiger partial charge in [-0.25, -0.2) is 4.39 Å². The minimum atomic E-state index is -4.86. The van der Waals surface area contributed by atoms with Crippen molar-refractivity contribution in [1.29, 1.82) is 0 Å². The third kappa shape index (κ3) is 4.58. The van der Waals surface area contributed by atoms with Crippen LogP contribution in [-0.4, -0.2) is 29.1 Å². The van der Waals surface area contributed by atoms with E-state index in [1.54, 1.807) is 11.1 Å². The van der Waals surface area contributed by atoms with Crippen molar-refractivity contribution < 1.29 is 31.8 Å². The van der Waals surface area contributed by atoms with Gasteiger partial charge in [-0.05, 0) is 29.8 Å². The molecule has 0 aliphatic carbocycles. The standard InChI is InChI=1S/C22H17F4N3O4/c23-21(10-32-11-21)14-5-12(7-28-8-14)9-33-15-3-1-13(2-4-15)16-6-17(19(27)30)20(31)29-18(16)22(24,25)26/h1-8H,9-11H2,(H2,27,30)(H,29,31). The van der Waals surface area contributed by atoms with Gasteiger partial charge in [0.2, 0.25) is 0 Å². The van der Waals surface area contributed by atoms with E-state index in [1.165, 1.54) is 36.7 Å². The second-order valence-electron chi connectivity index (χ2n) is 7.52. The number of carbonyl (C=O) groups is 1. The topological polar surface area (TPSA) is 107 Å². The van der Waals surface area contributed by atoms with Gasteiger partial charge in [0.05, 0.1) is 13.2 Å². The molecule has 1 aliphatic heterocycles. The molecule has 33 heavy (non-hydrogen) atoms. The van der Waals surface area contributed by atoms with Gasteiger partial charge in [0.1, 0.15) is 23.6 Å². The van der Waals surface area contributed by atoms with Crippen LogP contribution in [0.4, 0.5) is 17.6 Å². The number of ether oxygens (including phenoxy) is 2. The number of halogens is 4. The molecule has 7 nitrogen and oxygen atoms in total. The molecule has 0 atom stereocenters. The second kappa shape index (κ2) is 8.32. The molecule has 2 aromatic heterocycles. The quantitative estimate of drug-likeness (QED) is 0.546. The van der Waals surface area contributed by atoms with Crippen molar-refractivity contribution in [1.82, 2.24) is 9.97 Å². The van der Waals surface area contributed by atoms with Crippen LogP contribution < -0.4 is 16.0 Å². The zero-order chi connectivity index (χ0) is 23.8. The molecule has 172 valence electrons. The summed E-state index contributed by atoms with van der Waals surface area (Å²) in [5.74, 6) is -0.815. The van der Waals surface area contributed by atoms with Crippen LogP contribution in [-0.2, 0) is 23.2 Å². The average Bonchev–Trinajstić information content (AvgIpc) is 2.75. The van der Waals surface area contributed by atoms with Crippen LogP contribution in [0.5, 0.6) is 5.75 Å². The third-order valence-electron chi connectivity index (χ3n) is 5.13. The molecule has 0 bridgehead atoms. The average molecular weight is 463 g/mol. The number of alkyl halides is 4. The molecule has 0 spiro atoms. The highest BCUT2D eigenvalue weighted by molar-refractivity contribution is 5.94. The summed E-state index contributed by atoms with van der Waals surface area (Å²) in [6.45, 7) is -0.0272. The fourth-order valence-corrected chi connectivity index (χ4v) is 3.32. The lowest BCUT2D eigenvalue weighted by Gasteiger charge is -2.33. The maximum absolute atomic E-state index is 14.5. The minimum Gasteiger partial charge on any atom is -0.489 e. The summed E-state index contributed by atoms with van der Waals surface area (Å²) in [4.78, 5) is 28.9. The molecule has 0 radical (unpaired) electrons. The Morgan fingerprint density at radius 2 is 1.88 bits per heavy atom. The van der Waals surface area contributed by atoms with E-state index in [1.807, 2.05) is 0 Å². The van der Waals surface area contributed by atoms with E-state index in [4.69, 9.17) is 15.2 Å². The number of amides is 1. The maximum Gasteiger partial charge on any atom is 0.431 e. The number of nitrogens with zero attached hydrogens (tertiary/aromatic N) is 1. The lowest BCUT2D eigenvalue weighted by atomic mass is 9.95. The number of aromatic nitrogens is 2. The fraction of sp³-hybridized carbons (Fsp3) is 0.227. The first kappa shape index (κ1) is 22.5. The Balaban J connectivity index is 1.56. The minimum absolute atomic E-state index is 0.0391. The number of carbonyl (C=O) groups excluding carboxylic acids is 1. The molecule has 3 aromatic rings. The van der Waals surface area contributed by atoms with E-state index in [-0.39, 0.29) is 25.4 Å². The fourth-order valence-electron chi connectivity index (χ4n) is 3.32. The van der Waals surface area contributed by atoms with E-state index >= 15 is 0 Å². The first-order chi connectivity index (χ1) is 15.6. The van der Waals surface area contributed by atoms with Crippen molar-refractivity contribution in [2.45, 2.75) is 18.5 Å². The van der Waals surface area contributed by atoms with Crippen molar-refractivity contribution in [3.63, 3.8) is 0 Å². The van der Waals surface area contributed by atoms with Gasteiger partial charge in [-0.2, -0.15) is 13.2 Å². The maximum atomic E-state index is 14.5. The number of hydrogen-bond acceptors (Lipinski definition) is 5. The Hall–Kier alpha value is -3.73. The number of nitrogens with one attached hydrogen (secondary N) is 1. The number of hydrogen-bond donors (Lipinski definition) is 2. The van der Waals surface area contributed by atoms with Crippen molar-refractivity contribution in [2.75, 3.05) is 13.2 Å². The van der Waals surface area contributed by atoms with Gasteiger partial charge in [0.25, 0.3) is 11.5 Å². The van der Waals surface area contributed by atoms with E-state index < -0.39 is 40.1 Å². The molecular weight excluding hydrogens is 446 g/mol. The SMILES string of the molecule is NC(=O)c1cc(-c2ccc(OCc3cncc(C4(F)COC4)c3)cc2)c(C(F)(F)F)[nH]c1=O. The summed E-state index contributed by atoms with van der Waals surface area (Å²) >= 11 is 0. The van der Waals surface area contributed by atoms with E-state index in [9.17, 15) is 27.2 Å². The zero-order valence-electron chi connectivity index (χ0n) is 16.9. The molecule has 11 heteroatoms. The Morgan fingerprint density at radius 3 is 2.45 bits per heavy atom. The predicted octanol–water partition coefficient (Wildman–Crippen LogP) is 3.33. The lowest BCUT2D eigenvalue weighted by molar-refractivity contribution is -0.140. The number of benzene rings is 1. The molecule has 0 saturated carbocycles. The van der Waals surface area contributed by atoms with Crippen LogP contribution in [0.3, 0.4) is 0 Å².